The Morgan fingerprint density at radius 3 is 1.37 bits per heavy atom. The maximum Gasteiger partial charge on any atom is 0.315 e. The van der Waals surface area contributed by atoms with Gasteiger partial charge in [0.15, 0.2) is 0 Å². The topological polar surface area (TPSA) is 200 Å². The number of amides is 4. The Morgan fingerprint density at radius 2 is 1.00 bits per heavy atom. The molecule has 4 unspecified atom stereocenters. The molecule has 1 heterocycles. The monoisotopic (exact) mass is 586 g/mol. The van der Waals surface area contributed by atoms with Crippen LogP contribution < -0.4 is 21.3 Å². The quantitative estimate of drug-likeness (QED) is 0.0830. The number of hydrogen-bond donors (Lipinski definition) is 4. The van der Waals surface area contributed by atoms with Crippen LogP contribution in [0.25, 0.3) is 0 Å². The second kappa shape index (κ2) is 17.3. The summed E-state index contributed by atoms with van der Waals surface area (Å²) >= 11 is 0. The van der Waals surface area contributed by atoms with E-state index in [1.54, 1.807) is 27.7 Å². The molecule has 41 heavy (non-hydrogen) atoms. The third-order valence-electron chi connectivity index (χ3n) is 6.13. The van der Waals surface area contributed by atoms with Gasteiger partial charge < -0.3 is 45.0 Å². The molecule has 0 aromatic carbocycles. The lowest BCUT2D eigenvalue weighted by Crippen LogP contribution is -2.58. The van der Waals surface area contributed by atoms with E-state index >= 15 is 0 Å². The van der Waals surface area contributed by atoms with Crippen LogP contribution in [0.5, 0.6) is 0 Å². The lowest BCUT2D eigenvalue weighted by molar-refractivity contribution is -0.154. The van der Waals surface area contributed by atoms with Gasteiger partial charge in [-0.2, -0.15) is 0 Å². The maximum atomic E-state index is 12.4. The minimum absolute atomic E-state index is 0.00997. The first-order valence-corrected chi connectivity index (χ1v) is 13.8. The van der Waals surface area contributed by atoms with E-state index in [0.717, 1.165) is 0 Å². The van der Waals surface area contributed by atoms with E-state index in [0.29, 0.717) is 12.8 Å². The Balaban J connectivity index is 1.61. The number of carbonyl (C=O) groups excluding carboxylic acids is 6. The smallest absolute Gasteiger partial charge is 0.315 e. The molecule has 0 aromatic rings. The normalized spacial score (nSPS) is 20.7. The standard InChI is InChI=1S/C26H42N4O11/c1-15(2)23(33)39-11-9-37-21(31)5-7-27-25(35)29-17-13-19-20(41-19)14-18(17)30-26(36)28-8-6-22(32)38-10-12-40-24(34)16(3)4/h15-20H,5-14H2,1-4H3,(H2,27,29,35)(H2,28,30,36). The molecule has 1 saturated carbocycles. The molecule has 0 spiro atoms. The molecule has 4 N–H and O–H groups in total. The zero-order valence-electron chi connectivity index (χ0n) is 24.0. The lowest BCUT2D eigenvalue weighted by atomic mass is 9.90. The summed E-state index contributed by atoms with van der Waals surface area (Å²) in [6.07, 6.45) is 0.896. The van der Waals surface area contributed by atoms with Gasteiger partial charge in [0, 0.05) is 13.1 Å². The fourth-order valence-corrected chi connectivity index (χ4v) is 3.81. The van der Waals surface area contributed by atoms with Gasteiger partial charge in [-0.25, -0.2) is 9.59 Å². The number of hydrogen-bond acceptors (Lipinski definition) is 11. The van der Waals surface area contributed by atoms with Crippen LogP contribution in [0, 0.1) is 11.8 Å². The van der Waals surface area contributed by atoms with Gasteiger partial charge in [0.1, 0.15) is 26.4 Å². The van der Waals surface area contributed by atoms with Gasteiger partial charge in [-0.3, -0.25) is 19.2 Å². The molecule has 0 aromatic heterocycles. The van der Waals surface area contributed by atoms with Crippen LogP contribution in [-0.4, -0.2) is 99.7 Å². The summed E-state index contributed by atoms with van der Waals surface area (Å²) in [7, 11) is 0. The second-order valence-electron chi connectivity index (χ2n) is 10.3. The van der Waals surface area contributed by atoms with Crippen molar-refractivity contribution < 1.29 is 52.5 Å². The van der Waals surface area contributed by atoms with Crippen molar-refractivity contribution in [2.24, 2.45) is 11.8 Å². The molecule has 1 aliphatic carbocycles. The summed E-state index contributed by atoms with van der Waals surface area (Å²) in [5, 5.41) is 10.8. The Labute approximate surface area is 239 Å². The van der Waals surface area contributed by atoms with Crippen molar-refractivity contribution in [1.29, 1.82) is 0 Å². The third kappa shape index (κ3) is 13.5. The van der Waals surface area contributed by atoms with Crippen molar-refractivity contribution in [3.8, 4) is 0 Å². The first kappa shape index (κ1) is 33.6. The van der Waals surface area contributed by atoms with Crippen LogP contribution in [0.3, 0.4) is 0 Å². The number of carbonyl (C=O) groups is 6. The SMILES string of the molecule is CC(C)C(=O)OCCOC(=O)CCNC(=O)NC1CC2OC2CC1NC(=O)NCCC(=O)OCCOC(=O)C(C)C. The van der Waals surface area contributed by atoms with E-state index in [9.17, 15) is 28.8 Å². The first-order chi connectivity index (χ1) is 19.5. The number of epoxide rings is 1. The average molecular weight is 587 g/mol. The van der Waals surface area contributed by atoms with Gasteiger partial charge in [0.25, 0.3) is 0 Å². The third-order valence-corrected chi connectivity index (χ3v) is 6.13. The largest absolute Gasteiger partial charge is 0.462 e. The van der Waals surface area contributed by atoms with Crippen molar-refractivity contribution in [2.75, 3.05) is 39.5 Å². The van der Waals surface area contributed by atoms with Crippen molar-refractivity contribution in [3.63, 3.8) is 0 Å². The van der Waals surface area contributed by atoms with Crippen LogP contribution in [0.1, 0.15) is 53.4 Å². The van der Waals surface area contributed by atoms with Gasteiger partial charge in [-0.1, -0.05) is 27.7 Å². The highest BCUT2D eigenvalue weighted by Gasteiger charge is 2.49. The predicted molar refractivity (Wildman–Crippen MR) is 141 cm³/mol. The van der Waals surface area contributed by atoms with Crippen molar-refractivity contribution in [2.45, 2.75) is 77.7 Å². The van der Waals surface area contributed by atoms with E-state index < -0.39 is 36.1 Å². The van der Waals surface area contributed by atoms with Gasteiger partial charge in [-0.05, 0) is 12.8 Å². The van der Waals surface area contributed by atoms with Gasteiger partial charge in [0.2, 0.25) is 0 Å². The van der Waals surface area contributed by atoms with Gasteiger partial charge in [-0.15, -0.1) is 0 Å². The number of ether oxygens (including phenoxy) is 5. The molecule has 15 nitrogen and oxygen atoms in total. The summed E-state index contributed by atoms with van der Waals surface area (Å²) in [5.74, 6) is -2.39. The van der Waals surface area contributed by atoms with E-state index in [1.807, 2.05) is 0 Å². The lowest BCUT2D eigenvalue weighted by Gasteiger charge is -2.30. The minimum Gasteiger partial charge on any atom is -0.462 e. The molecule has 1 saturated heterocycles. The molecule has 4 atom stereocenters. The van der Waals surface area contributed by atoms with Crippen LogP contribution >= 0.6 is 0 Å². The molecule has 2 fully saturated rings. The van der Waals surface area contributed by atoms with Gasteiger partial charge >= 0.3 is 35.9 Å². The highest BCUT2D eigenvalue weighted by atomic mass is 16.6. The van der Waals surface area contributed by atoms with Crippen LogP contribution in [-0.2, 0) is 42.9 Å². The van der Waals surface area contributed by atoms with E-state index in [-0.39, 0.29) is 88.3 Å². The van der Waals surface area contributed by atoms with Crippen LogP contribution in [0.15, 0.2) is 0 Å². The van der Waals surface area contributed by atoms with E-state index in [2.05, 4.69) is 21.3 Å². The number of fused-ring (bicyclic) bond motifs is 1. The maximum absolute atomic E-state index is 12.4. The van der Waals surface area contributed by atoms with Crippen LogP contribution in [0.4, 0.5) is 9.59 Å². The van der Waals surface area contributed by atoms with Gasteiger partial charge in [0.05, 0.1) is 49.0 Å². The van der Waals surface area contributed by atoms with Crippen LogP contribution in [0.2, 0.25) is 0 Å². The molecule has 2 rings (SSSR count). The Hall–Kier alpha value is -3.62. The highest BCUT2D eigenvalue weighted by molar-refractivity contribution is 5.77. The van der Waals surface area contributed by atoms with Crippen molar-refractivity contribution in [1.82, 2.24) is 21.3 Å². The predicted octanol–water partition coefficient (Wildman–Crippen LogP) is 0.148. The Kier molecular flexibility index (Phi) is 14.1. The number of esters is 4. The van der Waals surface area contributed by atoms with Crippen molar-refractivity contribution >= 4 is 35.9 Å². The number of urea groups is 2. The van der Waals surface area contributed by atoms with Crippen molar-refractivity contribution in [3.05, 3.63) is 0 Å². The fraction of sp³-hybridized carbons (Fsp3) is 0.769. The Bertz CT molecular complexity index is 855. The second-order valence-corrected chi connectivity index (χ2v) is 10.3. The molecule has 4 amide bonds. The molecular formula is C26H42N4O11. The highest BCUT2D eigenvalue weighted by Crippen LogP contribution is 2.36. The summed E-state index contributed by atoms with van der Waals surface area (Å²) in [6.45, 7) is 6.64. The number of rotatable bonds is 16. The minimum atomic E-state index is -0.549. The molecule has 0 bridgehead atoms. The summed E-state index contributed by atoms with van der Waals surface area (Å²) in [6, 6.07) is -1.85. The summed E-state index contributed by atoms with van der Waals surface area (Å²) < 4.78 is 25.3. The molecule has 232 valence electrons. The molecule has 2 aliphatic rings. The first-order valence-electron chi connectivity index (χ1n) is 13.8. The number of nitrogens with one attached hydrogen (secondary N) is 4. The zero-order valence-corrected chi connectivity index (χ0v) is 24.0. The molecule has 0 radical (unpaired) electrons. The fourth-order valence-electron chi connectivity index (χ4n) is 3.81. The van der Waals surface area contributed by atoms with E-state index in [4.69, 9.17) is 23.7 Å². The molecule has 1 aliphatic heterocycles. The molecular weight excluding hydrogens is 544 g/mol. The summed E-state index contributed by atoms with van der Waals surface area (Å²) in [5.41, 5.74) is 0. The Morgan fingerprint density at radius 1 is 0.634 bits per heavy atom. The molecule has 15 heteroatoms. The summed E-state index contributed by atoms with van der Waals surface area (Å²) in [4.78, 5) is 71.1. The average Bonchev–Trinajstić information content (AvgIpc) is 3.66. The zero-order chi connectivity index (χ0) is 30.4. The van der Waals surface area contributed by atoms with E-state index in [1.165, 1.54) is 0 Å².